The first-order valence-corrected chi connectivity index (χ1v) is 5.87. The summed E-state index contributed by atoms with van der Waals surface area (Å²) in [6, 6.07) is 5.11. The summed E-state index contributed by atoms with van der Waals surface area (Å²) >= 11 is 0. The minimum Gasteiger partial charge on any atom is -0.399 e. The van der Waals surface area contributed by atoms with Crippen molar-refractivity contribution in [2.24, 2.45) is 0 Å². The molecule has 0 aliphatic heterocycles. The molecule has 0 saturated carbocycles. The van der Waals surface area contributed by atoms with Crippen LogP contribution in [0.15, 0.2) is 18.2 Å². The van der Waals surface area contributed by atoms with Crippen molar-refractivity contribution in [2.45, 2.75) is 12.2 Å². The molecule has 0 fully saturated rings. The Hall–Kier alpha value is -1.81. The van der Waals surface area contributed by atoms with Crippen molar-refractivity contribution in [2.75, 3.05) is 10.5 Å². The maximum absolute atomic E-state index is 13.3. The molecule has 1 unspecified atom stereocenters. The first-order valence-electron chi connectivity index (χ1n) is 4.33. The highest BCUT2D eigenvalue weighted by Gasteiger charge is 2.21. The van der Waals surface area contributed by atoms with Gasteiger partial charge in [0.2, 0.25) is 10.0 Å². The molecule has 86 valence electrons. The summed E-state index contributed by atoms with van der Waals surface area (Å²) in [5.74, 6) is -0.784. The zero-order valence-electron chi connectivity index (χ0n) is 8.44. The lowest BCUT2D eigenvalue weighted by atomic mass is 10.3. The molecule has 0 aromatic heterocycles. The molecule has 1 atom stereocenters. The Labute approximate surface area is 92.7 Å². The summed E-state index contributed by atoms with van der Waals surface area (Å²) < 4.78 is 38.1. The lowest BCUT2D eigenvalue weighted by Crippen LogP contribution is -2.24. The van der Waals surface area contributed by atoms with Crippen LogP contribution in [0.5, 0.6) is 0 Å². The molecule has 0 aliphatic rings. The Morgan fingerprint density at radius 3 is 2.69 bits per heavy atom. The second-order valence-corrected chi connectivity index (χ2v) is 5.16. The van der Waals surface area contributed by atoms with Gasteiger partial charge < -0.3 is 5.73 Å². The molecule has 7 heteroatoms. The number of hydrogen-bond acceptors (Lipinski definition) is 4. The number of nitrogens with one attached hydrogen (secondary N) is 1. The molecule has 1 rings (SSSR count). The number of nitriles is 1. The first kappa shape index (κ1) is 12.3. The van der Waals surface area contributed by atoms with Gasteiger partial charge in [0, 0.05) is 5.69 Å². The minimum absolute atomic E-state index is 0.189. The van der Waals surface area contributed by atoms with Crippen molar-refractivity contribution in [1.82, 2.24) is 0 Å². The quantitative estimate of drug-likeness (QED) is 0.776. The normalized spacial score (nSPS) is 12.8. The van der Waals surface area contributed by atoms with Gasteiger partial charge in [-0.1, -0.05) is 0 Å². The Bertz CT molecular complexity index is 536. The number of sulfonamides is 1. The van der Waals surface area contributed by atoms with E-state index in [1.807, 2.05) is 4.72 Å². The van der Waals surface area contributed by atoms with E-state index in [1.165, 1.54) is 19.1 Å². The number of nitrogen functional groups attached to an aromatic ring is 1. The van der Waals surface area contributed by atoms with E-state index in [2.05, 4.69) is 0 Å². The SMILES string of the molecule is CC(C#N)S(=O)(=O)Nc1ccc(N)cc1F. The van der Waals surface area contributed by atoms with E-state index in [1.54, 1.807) is 6.07 Å². The van der Waals surface area contributed by atoms with Gasteiger partial charge in [-0.2, -0.15) is 5.26 Å². The van der Waals surface area contributed by atoms with Crippen molar-refractivity contribution in [3.63, 3.8) is 0 Å². The van der Waals surface area contributed by atoms with Gasteiger partial charge in [0.25, 0.3) is 0 Å². The zero-order chi connectivity index (χ0) is 12.3. The molecular weight excluding hydrogens is 233 g/mol. The fraction of sp³-hybridized carbons (Fsp3) is 0.222. The van der Waals surface area contributed by atoms with Crippen LogP contribution in [0.4, 0.5) is 15.8 Å². The highest BCUT2D eigenvalue weighted by molar-refractivity contribution is 7.93. The van der Waals surface area contributed by atoms with Crippen molar-refractivity contribution < 1.29 is 12.8 Å². The largest absolute Gasteiger partial charge is 0.399 e. The summed E-state index contributed by atoms with van der Waals surface area (Å²) in [6.45, 7) is 1.21. The topological polar surface area (TPSA) is 96.0 Å². The van der Waals surface area contributed by atoms with Crippen molar-refractivity contribution in [1.29, 1.82) is 5.26 Å². The minimum atomic E-state index is -3.89. The highest BCUT2D eigenvalue weighted by Crippen LogP contribution is 2.19. The number of halogens is 1. The maximum atomic E-state index is 13.3. The monoisotopic (exact) mass is 243 g/mol. The highest BCUT2D eigenvalue weighted by atomic mass is 32.2. The van der Waals surface area contributed by atoms with Crippen LogP contribution in [0.25, 0.3) is 0 Å². The van der Waals surface area contributed by atoms with Gasteiger partial charge in [0.05, 0.1) is 11.8 Å². The third-order valence-electron chi connectivity index (χ3n) is 1.89. The Morgan fingerprint density at radius 1 is 1.56 bits per heavy atom. The molecule has 1 aromatic carbocycles. The van der Waals surface area contributed by atoms with Crippen molar-refractivity contribution in [3.8, 4) is 6.07 Å². The van der Waals surface area contributed by atoms with Crippen LogP contribution in [0.3, 0.4) is 0 Å². The Kier molecular flexibility index (Phi) is 3.34. The molecular formula is C9H10FN3O2S. The number of hydrogen-bond donors (Lipinski definition) is 2. The standard InChI is InChI=1S/C9H10FN3O2S/c1-6(5-11)16(14,15)13-9-3-2-7(12)4-8(9)10/h2-4,6,13H,12H2,1H3. The predicted octanol–water partition coefficient (Wildman–Crippen LogP) is 1.06. The summed E-state index contributed by atoms with van der Waals surface area (Å²) in [6.07, 6.45) is 0. The fourth-order valence-corrected chi connectivity index (χ4v) is 1.71. The molecule has 0 aliphatic carbocycles. The molecule has 3 N–H and O–H groups in total. The lowest BCUT2D eigenvalue weighted by molar-refractivity contribution is 0.595. The number of anilines is 2. The Morgan fingerprint density at radius 2 is 2.19 bits per heavy atom. The molecule has 0 spiro atoms. The van der Waals surface area contributed by atoms with Crippen LogP contribution in [-0.2, 0) is 10.0 Å². The van der Waals surface area contributed by atoms with Crippen LogP contribution in [0.1, 0.15) is 6.92 Å². The van der Waals surface area contributed by atoms with E-state index in [9.17, 15) is 12.8 Å². The van der Waals surface area contributed by atoms with E-state index in [4.69, 9.17) is 11.0 Å². The van der Waals surface area contributed by atoms with Gasteiger partial charge in [-0.15, -0.1) is 0 Å². The molecule has 0 heterocycles. The van der Waals surface area contributed by atoms with Crippen molar-refractivity contribution in [3.05, 3.63) is 24.0 Å². The summed E-state index contributed by atoms with van der Waals surface area (Å²) in [7, 11) is -3.89. The number of nitrogens with zero attached hydrogens (tertiary/aromatic N) is 1. The Balaban J connectivity index is 3.03. The number of benzene rings is 1. The van der Waals surface area contributed by atoms with Gasteiger partial charge in [0.1, 0.15) is 5.82 Å². The second kappa shape index (κ2) is 4.37. The van der Waals surface area contributed by atoms with Gasteiger partial charge >= 0.3 is 0 Å². The third-order valence-corrected chi connectivity index (χ3v) is 3.43. The molecule has 16 heavy (non-hydrogen) atoms. The lowest BCUT2D eigenvalue weighted by Gasteiger charge is -2.10. The van der Waals surface area contributed by atoms with E-state index in [-0.39, 0.29) is 11.4 Å². The van der Waals surface area contributed by atoms with Crippen LogP contribution < -0.4 is 10.5 Å². The first-order chi connectivity index (χ1) is 7.36. The second-order valence-electron chi connectivity index (χ2n) is 3.16. The summed E-state index contributed by atoms with van der Waals surface area (Å²) in [4.78, 5) is 0. The van der Waals surface area contributed by atoms with Crippen molar-refractivity contribution >= 4 is 21.4 Å². The predicted molar refractivity (Wildman–Crippen MR) is 58.4 cm³/mol. The summed E-state index contributed by atoms with van der Waals surface area (Å²) in [5.41, 5.74) is 5.27. The molecule has 5 nitrogen and oxygen atoms in total. The zero-order valence-corrected chi connectivity index (χ0v) is 9.25. The van der Waals surface area contributed by atoms with Gasteiger partial charge in [-0.05, 0) is 25.1 Å². The van der Waals surface area contributed by atoms with Crippen LogP contribution >= 0.6 is 0 Å². The maximum Gasteiger partial charge on any atom is 0.248 e. The van der Waals surface area contributed by atoms with Crippen LogP contribution in [0.2, 0.25) is 0 Å². The average molecular weight is 243 g/mol. The van der Waals surface area contributed by atoms with E-state index in [0.29, 0.717) is 0 Å². The van der Waals surface area contributed by atoms with E-state index < -0.39 is 21.1 Å². The fourth-order valence-electron chi connectivity index (χ4n) is 0.925. The molecule has 0 saturated heterocycles. The molecule has 0 amide bonds. The van der Waals surface area contributed by atoms with Gasteiger partial charge in [0.15, 0.2) is 5.25 Å². The smallest absolute Gasteiger partial charge is 0.248 e. The van der Waals surface area contributed by atoms with Gasteiger partial charge in [-0.25, -0.2) is 12.8 Å². The molecule has 1 aromatic rings. The third kappa shape index (κ3) is 2.61. The molecule has 0 radical (unpaired) electrons. The molecule has 0 bridgehead atoms. The summed E-state index contributed by atoms with van der Waals surface area (Å²) in [5, 5.41) is 7.22. The number of rotatable bonds is 3. The van der Waals surface area contributed by atoms with Crippen LogP contribution in [0, 0.1) is 17.1 Å². The van der Waals surface area contributed by atoms with E-state index in [0.717, 1.165) is 6.07 Å². The van der Waals surface area contributed by atoms with Gasteiger partial charge in [-0.3, -0.25) is 4.72 Å². The number of nitrogens with two attached hydrogens (primary N) is 1. The average Bonchev–Trinajstić information content (AvgIpc) is 2.21. The van der Waals surface area contributed by atoms with Crippen LogP contribution in [-0.4, -0.2) is 13.7 Å². The van der Waals surface area contributed by atoms with E-state index >= 15 is 0 Å².